The molecule has 0 aromatic carbocycles. The van der Waals surface area contributed by atoms with Gasteiger partial charge in [0.2, 0.25) is 0 Å². The Morgan fingerprint density at radius 3 is 2.45 bits per heavy atom. The average Bonchev–Trinajstić information content (AvgIpc) is 2.46. The second-order valence-electron chi connectivity index (χ2n) is 5.05. The Morgan fingerprint density at radius 2 is 1.85 bits per heavy atom. The van der Waals surface area contributed by atoms with Crippen LogP contribution >= 0.6 is 0 Å². The van der Waals surface area contributed by atoms with Gasteiger partial charge in [-0.1, -0.05) is 19.9 Å². The molecule has 0 saturated carbocycles. The van der Waals surface area contributed by atoms with Crippen molar-refractivity contribution in [1.29, 1.82) is 0 Å². The normalized spacial score (nSPS) is 10.7. The second kappa shape index (κ2) is 6.32. The molecule has 0 atom stereocenters. The molecule has 2 aromatic heterocycles. The third-order valence-electron chi connectivity index (χ3n) is 3.13. The van der Waals surface area contributed by atoms with Gasteiger partial charge >= 0.3 is 0 Å². The first kappa shape index (κ1) is 14.2. The lowest BCUT2D eigenvalue weighted by Crippen LogP contribution is -2.09. The van der Waals surface area contributed by atoms with Crippen molar-refractivity contribution in [2.75, 3.05) is 17.7 Å². The monoisotopic (exact) mass is 271 g/mol. The number of hydrogen-bond donors (Lipinski definition) is 2. The number of nitrogens with zero attached hydrogens (tertiary/aromatic N) is 3. The van der Waals surface area contributed by atoms with E-state index in [0.29, 0.717) is 12.5 Å². The Bertz CT molecular complexity index is 563. The molecular weight excluding hydrogens is 250 g/mol. The molecule has 0 spiro atoms. The van der Waals surface area contributed by atoms with Crippen molar-refractivity contribution in [1.82, 2.24) is 15.0 Å². The number of nitrogens with one attached hydrogen (secondary N) is 2. The third-order valence-corrected chi connectivity index (χ3v) is 3.13. The highest BCUT2D eigenvalue weighted by Crippen LogP contribution is 2.28. The van der Waals surface area contributed by atoms with Crippen molar-refractivity contribution in [2.45, 2.75) is 33.2 Å². The van der Waals surface area contributed by atoms with E-state index < -0.39 is 0 Å². The number of anilines is 2. The Labute approximate surface area is 119 Å². The first-order valence-electron chi connectivity index (χ1n) is 6.80. The number of rotatable bonds is 5. The highest BCUT2D eigenvalue weighted by Gasteiger charge is 2.13. The smallest absolute Gasteiger partial charge is 0.135 e. The van der Waals surface area contributed by atoms with E-state index in [-0.39, 0.29) is 0 Å². The number of aromatic nitrogens is 3. The molecule has 2 N–H and O–H groups in total. The van der Waals surface area contributed by atoms with Gasteiger partial charge in [-0.15, -0.1) is 0 Å². The summed E-state index contributed by atoms with van der Waals surface area (Å²) in [4.78, 5) is 12.9. The lowest BCUT2D eigenvalue weighted by atomic mass is 10.0. The van der Waals surface area contributed by atoms with E-state index >= 15 is 0 Å². The summed E-state index contributed by atoms with van der Waals surface area (Å²) in [7, 11) is 1.88. The topological polar surface area (TPSA) is 62.7 Å². The standard InChI is InChI=1S/C15H21N5/c1-10(2)13-14(16-4)19-9-20-15(13)18-8-12-6-5-11(3)17-7-12/h5-7,9-10H,8H2,1-4H3,(H2,16,18,19,20). The van der Waals surface area contributed by atoms with E-state index in [0.717, 1.165) is 28.5 Å². The van der Waals surface area contributed by atoms with E-state index in [4.69, 9.17) is 0 Å². The first-order valence-corrected chi connectivity index (χ1v) is 6.80. The van der Waals surface area contributed by atoms with Gasteiger partial charge in [-0.25, -0.2) is 9.97 Å². The van der Waals surface area contributed by atoms with Crippen LogP contribution in [0.15, 0.2) is 24.7 Å². The average molecular weight is 271 g/mol. The molecule has 5 heteroatoms. The van der Waals surface area contributed by atoms with Gasteiger partial charge in [-0.05, 0) is 24.5 Å². The maximum absolute atomic E-state index is 4.36. The minimum atomic E-state index is 0.345. The maximum Gasteiger partial charge on any atom is 0.135 e. The van der Waals surface area contributed by atoms with Gasteiger partial charge in [0.05, 0.1) is 0 Å². The minimum Gasteiger partial charge on any atom is -0.373 e. The molecule has 0 unspecified atom stereocenters. The molecule has 0 bridgehead atoms. The van der Waals surface area contributed by atoms with Crippen LogP contribution in [0.2, 0.25) is 0 Å². The fourth-order valence-corrected chi connectivity index (χ4v) is 2.07. The molecule has 106 valence electrons. The predicted molar refractivity (Wildman–Crippen MR) is 82.0 cm³/mol. The molecule has 2 heterocycles. The molecule has 0 aliphatic heterocycles. The van der Waals surface area contributed by atoms with Crippen molar-refractivity contribution in [2.24, 2.45) is 0 Å². The fraction of sp³-hybridized carbons (Fsp3) is 0.400. The summed E-state index contributed by atoms with van der Waals surface area (Å²) in [5.74, 6) is 2.09. The van der Waals surface area contributed by atoms with Gasteiger partial charge < -0.3 is 10.6 Å². The van der Waals surface area contributed by atoms with Gasteiger partial charge in [0, 0.05) is 31.0 Å². The Balaban J connectivity index is 2.18. The summed E-state index contributed by atoms with van der Waals surface area (Å²) in [6.07, 6.45) is 3.46. The van der Waals surface area contributed by atoms with Crippen LogP contribution in [0.4, 0.5) is 11.6 Å². The summed E-state index contributed by atoms with van der Waals surface area (Å²) in [5, 5.41) is 6.49. The molecule has 0 fully saturated rings. The fourth-order valence-electron chi connectivity index (χ4n) is 2.07. The SMILES string of the molecule is CNc1ncnc(NCc2ccc(C)nc2)c1C(C)C. The van der Waals surface area contributed by atoms with Gasteiger partial charge in [0.1, 0.15) is 18.0 Å². The Morgan fingerprint density at radius 1 is 1.10 bits per heavy atom. The van der Waals surface area contributed by atoms with Crippen molar-refractivity contribution in [3.05, 3.63) is 41.5 Å². The lowest BCUT2D eigenvalue weighted by molar-refractivity contribution is 0.846. The minimum absolute atomic E-state index is 0.345. The molecule has 0 amide bonds. The molecule has 2 aromatic rings. The number of aryl methyl sites for hydroxylation is 1. The van der Waals surface area contributed by atoms with Gasteiger partial charge in [0.15, 0.2) is 0 Å². The molecule has 0 radical (unpaired) electrons. The van der Waals surface area contributed by atoms with E-state index in [9.17, 15) is 0 Å². The highest BCUT2D eigenvalue weighted by atomic mass is 15.1. The summed E-state index contributed by atoms with van der Waals surface area (Å²) >= 11 is 0. The Kier molecular flexibility index (Phi) is 4.50. The van der Waals surface area contributed by atoms with E-state index in [1.807, 2.05) is 26.2 Å². The van der Waals surface area contributed by atoms with Crippen LogP contribution in [0.1, 0.15) is 36.6 Å². The highest BCUT2D eigenvalue weighted by molar-refractivity contribution is 5.58. The van der Waals surface area contributed by atoms with Crippen LogP contribution < -0.4 is 10.6 Å². The van der Waals surface area contributed by atoms with Crippen LogP contribution in [0.3, 0.4) is 0 Å². The predicted octanol–water partition coefficient (Wildman–Crippen LogP) is 2.96. The molecule has 20 heavy (non-hydrogen) atoms. The largest absolute Gasteiger partial charge is 0.373 e. The van der Waals surface area contributed by atoms with E-state index in [1.165, 1.54) is 0 Å². The van der Waals surface area contributed by atoms with Gasteiger partial charge in [-0.3, -0.25) is 4.98 Å². The first-order chi connectivity index (χ1) is 9.61. The van der Waals surface area contributed by atoms with Crippen LogP contribution in [0, 0.1) is 6.92 Å². The molecule has 0 aliphatic rings. The zero-order valence-corrected chi connectivity index (χ0v) is 12.4. The molecule has 2 rings (SSSR count). The van der Waals surface area contributed by atoms with Crippen LogP contribution in [0.25, 0.3) is 0 Å². The number of hydrogen-bond acceptors (Lipinski definition) is 5. The van der Waals surface area contributed by atoms with Crippen molar-refractivity contribution >= 4 is 11.6 Å². The summed E-state index contributed by atoms with van der Waals surface area (Å²) in [5.41, 5.74) is 3.26. The van der Waals surface area contributed by atoms with Crippen LogP contribution in [-0.2, 0) is 6.54 Å². The molecular formula is C15H21N5. The number of pyridine rings is 1. The zero-order chi connectivity index (χ0) is 14.5. The van der Waals surface area contributed by atoms with Crippen molar-refractivity contribution < 1.29 is 0 Å². The third kappa shape index (κ3) is 3.23. The quantitative estimate of drug-likeness (QED) is 0.875. The summed E-state index contributed by atoms with van der Waals surface area (Å²) in [6, 6.07) is 4.09. The Hall–Kier alpha value is -2.17. The van der Waals surface area contributed by atoms with Crippen LogP contribution in [0.5, 0.6) is 0 Å². The van der Waals surface area contributed by atoms with Crippen molar-refractivity contribution in [3.8, 4) is 0 Å². The molecule has 0 aliphatic carbocycles. The zero-order valence-electron chi connectivity index (χ0n) is 12.4. The maximum atomic E-state index is 4.36. The summed E-state index contributed by atoms with van der Waals surface area (Å²) < 4.78 is 0. The second-order valence-corrected chi connectivity index (χ2v) is 5.05. The summed E-state index contributed by atoms with van der Waals surface area (Å²) in [6.45, 7) is 6.96. The van der Waals surface area contributed by atoms with E-state index in [1.54, 1.807) is 6.33 Å². The lowest BCUT2D eigenvalue weighted by Gasteiger charge is -2.16. The van der Waals surface area contributed by atoms with Gasteiger partial charge in [0.25, 0.3) is 0 Å². The molecule has 5 nitrogen and oxygen atoms in total. The van der Waals surface area contributed by atoms with Crippen LogP contribution in [-0.4, -0.2) is 22.0 Å². The van der Waals surface area contributed by atoms with E-state index in [2.05, 4.69) is 45.5 Å². The molecule has 0 saturated heterocycles. The van der Waals surface area contributed by atoms with Gasteiger partial charge in [-0.2, -0.15) is 0 Å². The van der Waals surface area contributed by atoms with Crippen molar-refractivity contribution in [3.63, 3.8) is 0 Å².